The Morgan fingerprint density at radius 3 is 2.84 bits per heavy atom. The van der Waals surface area contributed by atoms with Crippen molar-refractivity contribution in [2.45, 2.75) is 36.5 Å². The summed E-state index contributed by atoms with van der Waals surface area (Å²) in [7, 11) is 0. The van der Waals surface area contributed by atoms with Crippen molar-refractivity contribution in [3.63, 3.8) is 0 Å². The summed E-state index contributed by atoms with van der Waals surface area (Å²) in [6.07, 6.45) is -0.935. The predicted molar refractivity (Wildman–Crippen MR) is 68.9 cm³/mol. The molecule has 0 spiro atoms. The van der Waals surface area contributed by atoms with Gasteiger partial charge in [0.2, 0.25) is 0 Å². The predicted octanol–water partition coefficient (Wildman–Crippen LogP) is -0.850. The fourth-order valence-corrected chi connectivity index (χ4v) is 2.45. The number of aliphatic imine (C=N–C) groups is 3. The molecule has 1 saturated heterocycles. The Bertz CT molecular complexity index is 521. The van der Waals surface area contributed by atoms with E-state index in [2.05, 4.69) is 15.0 Å². The van der Waals surface area contributed by atoms with Crippen LogP contribution in [0.1, 0.15) is 6.92 Å². The molecule has 3 rings (SSSR count). The Labute approximate surface area is 113 Å². The van der Waals surface area contributed by atoms with E-state index in [1.54, 1.807) is 6.92 Å². The van der Waals surface area contributed by atoms with Crippen LogP contribution in [0.25, 0.3) is 0 Å². The molecular formula is C10H12ClN5O3. The van der Waals surface area contributed by atoms with Crippen LogP contribution in [0.2, 0.25) is 0 Å². The number of aliphatic hydroxyl groups excluding tert-OH is 2. The van der Waals surface area contributed by atoms with Gasteiger partial charge in [-0.1, -0.05) is 11.6 Å². The molecule has 0 amide bonds. The Hall–Kier alpha value is -1.35. The van der Waals surface area contributed by atoms with E-state index in [-0.39, 0.29) is 11.7 Å². The normalized spacial score (nSPS) is 44.7. The van der Waals surface area contributed by atoms with Crippen molar-refractivity contribution >= 4 is 35.9 Å². The van der Waals surface area contributed by atoms with E-state index in [1.165, 1.54) is 17.6 Å². The zero-order chi connectivity index (χ0) is 13.8. The van der Waals surface area contributed by atoms with Gasteiger partial charge in [-0.3, -0.25) is 10.3 Å². The summed E-state index contributed by atoms with van der Waals surface area (Å²) in [6.45, 7) is 1.65. The lowest BCUT2D eigenvalue weighted by atomic mass is 10.1. The summed E-state index contributed by atoms with van der Waals surface area (Å²) in [4.78, 5) is 11.7. The van der Waals surface area contributed by atoms with Crippen molar-refractivity contribution in [3.05, 3.63) is 0 Å². The van der Waals surface area contributed by atoms with E-state index in [1.807, 2.05) is 0 Å². The maximum atomic E-state index is 9.96. The second kappa shape index (κ2) is 4.07. The molecule has 0 aromatic rings. The van der Waals surface area contributed by atoms with Gasteiger partial charge in [-0.15, -0.1) is 0 Å². The summed E-state index contributed by atoms with van der Waals surface area (Å²) < 4.78 is 5.48. The molecule has 3 aliphatic heterocycles. The molecule has 9 heteroatoms. The third-order valence-corrected chi connectivity index (χ3v) is 3.78. The molecular weight excluding hydrogens is 274 g/mol. The highest BCUT2D eigenvalue weighted by molar-refractivity contribution is 6.50. The van der Waals surface area contributed by atoms with Crippen LogP contribution in [0.15, 0.2) is 15.0 Å². The van der Waals surface area contributed by atoms with Gasteiger partial charge in [0.25, 0.3) is 5.00 Å². The van der Waals surface area contributed by atoms with Crippen LogP contribution in [0.4, 0.5) is 0 Å². The lowest BCUT2D eigenvalue weighted by Gasteiger charge is -2.29. The molecule has 0 aliphatic carbocycles. The molecule has 0 saturated carbocycles. The largest absolute Gasteiger partial charge is 0.388 e. The fraction of sp³-hybridized carbons (Fsp3) is 0.600. The maximum absolute atomic E-state index is 9.96. The second-order valence-corrected chi connectivity index (χ2v) is 5.08. The van der Waals surface area contributed by atoms with E-state index in [0.29, 0.717) is 0 Å². The fourth-order valence-electron chi connectivity index (χ4n) is 2.21. The minimum absolute atomic E-state index is 0.154. The van der Waals surface area contributed by atoms with E-state index in [9.17, 15) is 10.2 Å². The van der Waals surface area contributed by atoms with Crippen molar-refractivity contribution in [1.29, 1.82) is 5.41 Å². The first-order valence-electron chi connectivity index (χ1n) is 5.69. The van der Waals surface area contributed by atoms with Crippen LogP contribution in [-0.2, 0) is 4.74 Å². The van der Waals surface area contributed by atoms with Crippen molar-refractivity contribution in [2.24, 2.45) is 15.0 Å². The molecule has 1 fully saturated rings. The monoisotopic (exact) mass is 285 g/mol. The first-order chi connectivity index (χ1) is 8.95. The average Bonchev–Trinajstić information content (AvgIpc) is 2.84. The molecule has 5 atom stereocenters. The number of rotatable bonds is 1. The lowest BCUT2D eigenvalue weighted by Crippen LogP contribution is -2.51. The number of alkyl halides is 1. The smallest absolute Gasteiger partial charge is 0.251 e. The Balaban J connectivity index is 1.93. The van der Waals surface area contributed by atoms with Gasteiger partial charge < -0.3 is 14.9 Å². The topological polar surface area (TPSA) is 114 Å². The second-order valence-electron chi connectivity index (χ2n) is 4.53. The van der Waals surface area contributed by atoms with Gasteiger partial charge in [0, 0.05) is 0 Å². The van der Waals surface area contributed by atoms with Crippen molar-refractivity contribution in [3.8, 4) is 0 Å². The molecule has 102 valence electrons. The highest BCUT2D eigenvalue weighted by Gasteiger charge is 2.53. The number of ether oxygens (including phenoxy) is 1. The van der Waals surface area contributed by atoms with Gasteiger partial charge in [0.1, 0.15) is 18.5 Å². The highest BCUT2D eigenvalue weighted by atomic mass is 35.5. The number of nitrogens with one attached hydrogen (secondary N) is 1. The minimum Gasteiger partial charge on any atom is -0.388 e. The van der Waals surface area contributed by atoms with Gasteiger partial charge in [-0.25, -0.2) is 15.0 Å². The number of hydrogen-bond donors (Lipinski definition) is 3. The Kier molecular flexibility index (Phi) is 2.72. The van der Waals surface area contributed by atoms with E-state index in [0.717, 1.165) is 0 Å². The first kappa shape index (κ1) is 12.7. The maximum Gasteiger partial charge on any atom is 0.251 e. The zero-order valence-corrected chi connectivity index (χ0v) is 10.7. The first-order valence-corrected chi connectivity index (χ1v) is 6.07. The van der Waals surface area contributed by atoms with Crippen molar-refractivity contribution in [2.75, 3.05) is 0 Å². The van der Waals surface area contributed by atoms with Crippen LogP contribution in [-0.4, -0.2) is 69.0 Å². The summed E-state index contributed by atoms with van der Waals surface area (Å²) in [5.74, 6) is 0.0820. The summed E-state index contributed by atoms with van der Waals surface area (Å²) in [5.41, 5.74) is 0. The summed E-state index contributed by atoms with van der Waals surface area (Å²) in [6, 6.07) is 0. The van der Waals surface area contributed by atoms with E-state index >= 15 is 0 Å². The number of fused-ring (bicyclic) bond motifs is 1. The zero-order valence-electron chi connectivity index (χ0n) is 9.93. The van der Waals surface area contributed by atoms with Gasteiger partial charge in [0.15, 0.2) is 17.9 Å². The molecule has 3 aliphatic rings. The van der Waals surface area contributed by atoms with Gasteiger partial charge in [-0.05, 0) is 6.92 Å². The molecule has 0 aromatic carbocycles. The molecule has 1 unspecified atom stereocenters. The van der Waals surface area contributed by atoms with E-state index in [4.69, 9.17) is 21.7 Å². The number of nitrogens with zero attached hydrogens (tertiary/aromatic N) is 4. The SMILES string of the molecule is C[C@H]1O[C@@H](N2C=NC3(Cl)C(=N)N=CN=C23)[C@H](O)[C@@H]1O. The van der Waals surface area contributed by atoms with Crippen LogP contribution < -0.4 is 0 Å². The lowest BCUT2D eigenvalue weighted by molar-refractivity contribution is -0.0306. The molecule has 3 heterocycles. The molecule has 0 bridgehead atoms. The number of amidine groups is 2. The molecule has 0 aromatic heterocycles. The van der Waals surface area contributed by atoms with Gasteiger partial charge in [-0.2, -0.15) is 0 Å². The Morgan fingerprint density at radius 1 is 1.47 bits per heavy atom. The van der Waals surface area contributed by atoms with Crippen LogP contribution >= 0.6 is 11.6 Å². The third-order valence-electron chi connectivity index (χ3n) is 3.33. The van der Waals surface area contributed by atoms with Crippen molar-refractivity contribution < 1.29 is 14.9 Å². The van der Waals surface area contributed by atoms with Crippen LogP contribution in [0.5, 0.6) is 0 Å². The van der Waals surface area contributed by atoms with Crippen LogP contribution in [0.3, 0.4) is 0 Å². The molecule has 8 nitrogen and oxygen atoms in total. The van der Waals surface area contributed by atoms with Gasteiger partial charge in [0.05, 0.1) is 12.4 Å². The average molecular weight is 286 g/mol. The quantitative estimate of drug-likeness (QED) is 0.430. The number of halogens is 1. The molecule has 19 heavy (non-hydrogen) atoms. The van der Waals surface area contributed by atoms with Crippen molar-refractivity contribution in [1.82, 2.24) is 4.90 Å². The minimum atomic E-state index is -1.48. The molecule has 3 N–H and O–H groups in total. The Morgan fingerprint density at radius 2 is 2.21 bits per heavy atom. The summed E-state index contributed by atoms with van der Waals surface area (Å²) >= 11 is 6.21. The van der Waals surface area contributed by atoms with E-state index < -0.39 is 29.5 Å². The van der Waals surface area contributed by atoms with Gasteiger partial charge >= 0.3 is 0 Å². The summed E-state index contributed by atoms with van der Waals surface area (Å²) in [5, 5.41) is 27.4. The highest BCUT2D eigenvalue weighted by Crippen LogP contribution is 2.34. The number of hydrogen-bond acceptors (Lipinski definition) is 7. The van der Waals surface area contributed by atoms with Crippen LogP contribution in [0, 0.1) is 5.41 Å². The number of aliphatic hydroxyl groups is 2. The molecule has 0 radical (unpaired) electrons. The third kappa shape index (κ3) is 1.64. The standard InChI is InChI=1S/C10H12ClN5O3/c1-4-5(17)6(18)7(19-4)16-3-15-10(11)8(12)13-2-14-9(10)16/h2-7,12,17-18H,1H3/t4-,5-,6-,7-,10?/m1/s1.